The fourth-order valence-electron chi connectivity index (χ4n) is 1.74. The third-order valence-electron chi connectivity index (χ3n) is 2.71. The average molecular weight is 254 g/mol. The van der Waals surface area contributed by atoms with Crippen LogP contribution in [0.3, 0.4) is 0 Å². The zero-order valence-electron chi connectivity index (χ0n) is 10.5. The Kier molecular flexibility index (Phi) is 3.90. The van der Waals surface area contributed by atoms with E-state index in [1.165, 1.54) is 6.33 Å². The lowest BCUT2D eigenvalue weighted by atomic mass is 10.2. The van der Waals surface area contributed by atoms with Crippen LogP contribution in [-0.2, 0) is 6.42 Å². The van der Waals surface area contributed by atoms with E-state index in [2.05, 4.69) is 26.8 Å². The Morgan fingerprint density at radius 3 is 2.47 bits per heavy atom. The lowest BCUT2D eigenvalue weighted by Crippen LogP contribution is -2.13. The molecule has 19 heavy (non-hydrogen) atoms. The van der Waals surface area contributed by atoms with Crippen LogP contribution in [0, 0.1) is 11.3 Å². The van der Waals surface area contributed by atoms with E-state index in [-0.39, 0.29) is 0 Å². The molecule has 0 bridgehead atoms. The van der Waals surface area contributed by atoms with Gasteiger partial charge in [0.05, 0.1) is 11.6 Å². The molecule has 0 radical (unpaired) electrons. The highest BCUT2D eigenvalue weighted by atomic mass is 15.3. The second-order valence-corrected chi connectivity index (χ2v) is 3.86. The maximum atomic E-state index is 8.76. The van der Waals surface area contributed by atoms with Gasteiger partial charge >= 0.3 is 0 Å². The van der Waals surface area contributed by atoms with Gasteiger partial charge in [-0.2, -0.15) is 5.26 Å². The van der Waals surface area contributed by atoms with Gasteiger partial charge in [-0.3, -0.25) is 0 Å². The average Bonchev–Trinajstić information content (AvgIpc) is 2.47. The summed E-state index contributed by atoms with van der Waals surface area (Å²) < 4.78 is 0. The normalized spacial score (nSPS) is 9.74. The lowest BCUT2D eigenvalue weighted by molar-refractivity contribution is 1.04. The summed E-state index contributed by atoms with van der Waals surface area (Å²) >= 11 is 0. The van der Waals surface area contributed by atoms with Gasteiger partial charge in [-0.05, 0) is 30.7 Å². The Labute approximate surface area is 111 Å². The quantitative estimate of drug-likeness (QED) is 0.569. The summed E-state index contributed by atoms with van der Waals surface area (Å²) in [6.45, 7) is 2.00. The molecule has 0 aliphatic rings. The maximum Gasteiger partial charge on any atom is 0.148 e. The number of rotatable bonds is 4. The van der Waals surface area contributed by atoms with E-state index in [0.29, 0.717) is 17.2 Å². The van der Waals surface area contributed by atoms with Crippen molar-refractivity contribution in [2.45, 2.75) is 13.3 Å². The van der Waals surface area contributed by atoms with E-state index in [4.69, 9.17) is 11.1 Å². The first-order valence-corrected chi connectivity index (χ1v) is 5.86. The number of nitriles is 1. The van der Waals surface area contributed by atoms with Crippen LogP contribution in [-0.4, -0.2) is 9.97 Å². The van der Waals surface area contributed by atoms with Crippen LogP contribution in [0.2, 0.25) is 0 Å². The Hall–Kier alpha value is -2.65. The molecule has 0 aliphatic carbocycles. The van der Waals surface area contributed by atoms with Crippen LogP contribution in [0.15, 0.2) is 30.6 Å². The number of nitrogen functional groups attached to an aromatic ring is 1. The Bertz CT molecular complexity index is 600. The molecule has 2 aromatic rings. The van der Waals surface area contributed by atoms with Crippen LogP contribution >= 0.6 is 0 Å². The van der Waals surface area contributed by atoms with Crippen molar-refractivity contribution in [3.63, 3.8) is 0 Å². The molecule has 0 atom stereocenters. The molecule has 96 valence electrons. The predicted octanol–water partition coefficient (Wildman–Crippen LogP) is 1.94. The number of nitrogens with two attached hydrogens (primary N) is 1. The highest BCUT2D eigenvalue weighted by molar-refractivity contribution is 5.65. The van der Waals surface area contributed by atoms with Gasteiger partial charge in [-0.15, -0.1) is 0 Å². The highest BCUT2D eigenvalue weighted by Crippen LogP contribution is 2.23. The molecule has 6 nitrogen and oxygen atoms in total. The van der Waals surface area contributed by atoms with Crippen molar-refractivity contribution in [1.29, 1.82) is 5.26 Å². The molecule has 1 heterocycles. The third-order valence-corrected chi connectivity index (χ3v) is 2.71. The van der Waals surface area contributed by atoms with Gasteiger partial charge in [0, 0.05) is 11.3 Å². The minimum Gasteiger partial charge on any atom is -0.340 e. The van der Waals surface area contributed by atoms with E-state index in [1.807, 2.05) is 19.1 Å². The van der Waals surface area contributed by atoms with Crippen molar-refractivity contribution in [2.75, 3.05) is 10.7 Å². The molecule has 0 saturated carbocycles. The van der Waals surface area contributed by atoms with Crippen LogP contribution in [0.4, 0.5) is 17.3 Å². The first kappa shape index (κ1) is 12.8. The molecular formula is C13H14N6. The maximum absolute atomic E-state index is 8.76. The Balaban J connectivity index is 2.30. The molecule has 0 aliphatic heterocycles. The number of hydrogen-bond donors (Lipinski definition) is 3. The van der Waals surface area contributed by atoms with Crippen LogP contribution in [0.25, 0.3) is 0 Å². The van der Waals surface area contributed by atoms with Gasteiger partial charge < -0.3 is 10.7 Å². The number of aromatic nitrogens is 2. The fourth-order valence-corrected chi connectivity index (χ4v) is 1.74. The first-order chi connectivity index (χ1) is 9.28. The van der Waals surface area contributed by atoms with Crippen molar-refractivity contribution < 1.29 is 0 Å². The largest absolute Gasteiger partial charge is 0.340 e. The second kappa shape index (κ2) is 5.80. The van der Waals surface area contributed by atoms with Crippen molar-refractivity contribution in [3.8, 4) is 6.07 Å². The smallest absolute Gasteiger partial charge is 0.148 e. The van der Waals surface area contributed by atoms with Crippen LogP contribution in [0.5, 0.6) is 0 Å². The third kappa shape index (κ3) is 2.78. The van der Waals surface area contributed by atoms with E-state index >= 15 is 0 Å². The van der Waals surface area contributed by atoms with Gasteiger partial charge in [0.1, 0.15) is 18.0 Å². The zero-order chi connectivity index (χ0) is 13.7. The molecule has 1 aromatic carbocycles. The molecule has 0 spiro atoms. The molecule has 0 saturated heterocycles. The molecule has 4 N–H and O–H groups in total. The van der Waals surface area contributed by atoms with Crippen LogP contribution < -0.4 is 16.6 Å². The summed E-state index contributed by atoms with van der Waals surface area (Å²) in [7, 11) is 0. The summed E-state index contributed by atoms with van der Waals surface area (Å²) in [5.74, 6) is 6.73. The van der Waals surface area contributed by atoms with Gasteiger partial charge in [0.25, 0.3) is 0 Å². The summed E-state index contributed by atoms with van der Waals surface area (Å²) in [5, 5.41) is 11.9. The summed E-state index contributed by atoms with van der Waals surface area (Å²) in [6.07, 6.45) is 2.19. The molecule has 0 unspecified atom stereocenters. The highest BCUT2D eigenvalue weighted by Gasteiger charge is 2.08. The van der Waals surface area contributed by atoms with Gasteiger partial charge in [0.15, 0.2) is 0 Å². The lowest BCUT2D eigenvalue weighted by Gasteiger charge is -2.12. The van der Waals surface area contributed by atoms with Gasteiger partial charge in [-0.1, -0.05) is 6.92 Å². The van der Waals surface area contributed by atoms with E-state index in [0.717, 1.165) is 17.7 Å². The topological polar surface area (TPSA) is 99.7 Å². The fraction of sp³-hybridized carbons (Fsp3) is 0.154. The summed E-state index contributed by atoms with van der Waals surface area (Å²) in [5.41, 5.74) is 4.94. The van der Waals surface area contributed by atoms with Crippen molar-refractivity contribution in [3.05, 3.63) is 41.7 Å². The standard InChI is InChI=1S/C13H14N6/c1-2-11-12(16-8-17-13(11)19-15)18-10-5-3-9(7-14)4-6-10/h3-6,8H,2,15H2,1H3,(H2,16,17,18,19). The van der Waals surface area contributed by atoms with E-state index < -0.39 is 0 Å². The Morgan fingerprint density at radius 2 is 1.89 bits per heavy atom. The molecule has 0 amide bonds. The summed E-state index contributed by atoms with van der Waals surface area (Å²) in [6, 6.07) is 9.23. The van der Waals surface area contributed by atoms with Crippen molar-refractivity contribution >= 4 is 17.3 Å². The number of hydrogen-bond acceptors (Lipinski definition) is 6. The Morgan fingerprint density at radius 1 is 1.21 bits per heavy atom. The van der Waals surface area contributed by atoms with Gasteiger partial charge in [-0.25, -0.2) is 15.8 Å². The van der Waals surface area contributed by atoms with E-state index in [9.17, 15) is 0 Å². The monoisotopic (exact) mass is 254 g/mol. The van der Waals surface area contributed by atoms with Crippen LogP contribution in [0.1, 0.15) is 18.1 Å². The molecule has 6 heteroatoms. The van der Waals surface area contributed by atoms with E-state index in [1.54, 1.807) is 12.1 Å². The van der Waals surface area contributed by atoms with Crippen molar-refractivity contribution in [2.24, 2.45) is 5.84 Å². The molecule has 1 aromatic heterocycles. The second-order valence-electron chi connectivity index (χ2n) is 3.86. The number of nitrogens with zero attached hydrogens (tertiary/aromatic N) is 3. The predicted molar refractivity (Wildman–Crippen MR) is 73.7 cm³/mol. The van der Waals surface area contributed by atoms with Crippen molar-refractivity contribution in [1.82, 2.24) is 9.97 Å². The number of anilines is 3. The zero-order valence-corrected chi connectivity index (χ0v) is 10.5. The van der Waals surface area contributed by atoms with Gasteiger partial charge in [0.2, 0.25) is 0 Å². The molecular weight excluding hydrogens is 240 g/mol. The minimum absolute atomic E-state index is 0.605. The number of hydrazine groups is 1. The molecule has 2 rings (SSSR count). The number of benzene rings is 1. The first-order valence-electron chi connectivity index (χ1n) is 5.86. The minimum atomic E-state index is 0.605. The molecule has 0 fully saturated rings. The summed E-state index contributed by atoms with van der Waals surface area (Å²) in [4.78, 5) is 8.28. The SMILES string of the molecule is CCc1c(NN)ncnc1Nc1ccc(C#N)cc1. The number of nitrogens with one attached hydrogen (secondary N) is 2.